The van der Waals surface area contributed by atoms with Crippen LogP contribution >= 0.6 is 11.6 Å². The summed E-state index contributed by atoms with van der Waals surface area (Å²) in [5.41, 5.74) is 6.23. The van der Waals surface area contributed by atoms with E-state index in [1.165, 1.54) is 6.21 Å². The summed E-state index contributed by atoms with van der Waals surface area (Å²) < 4.78 is 11.6. The molecule has 0 saturated heterocycles. The van der Waals surface area contributed by atoms with Gasteiger partial charge in [-0.25, -0.2) is 5.43 Å². The summed E-state index contributed by atoms with van der Waals surface area (Å²) in [5, 5.41) is 7.17. The van der Waals surface area contributed by atoms with E-state index in [0.717, 1.165) is 16.7 Å². The lowest BCUT2D eigenvalue weighted by molar-refractivity contribution is -0.136. The molecule has 3 rings (SSSR count). The maximum atomic E-state index is 12.2. The predicted molar refractivity (Wildman–Crippen MR) is 134 cm³/mol. The number of anilines is 1. The van der Waals surface area contributed by atoms with Crippen LogP contribution in [0.2, 0.25) is 5.02 Å². The molecular weight excluding hydrogens is 454 g/mol. The number of aryl methyl sites for hydroxylation is 2. The lowest BCUT2D eigenvalue weighted by Crippen LogP contribution is -2.32. The van der Waals surface area contributed by atoms with Crippen LogP contribution in [-0.4, -0.2) is 24.6 Å². The Morgan fingerprint density at radius 3 is 2.32 bits per heavy atom. The first-order valence-corrected chi connectivity index (χ1v) is 11.1. The van der Waals surface area contributed by atoms with Gasteiger partial charge in [-0.2, -0.15) is 5.10 Å². The smallest absolute Gasteiger partial charge is 0.329 e. The number of benzene rings is 3. The van der Waals surface area contributed by atoms with Crippen molar-refractivity contribution >= 4 is 35.3 Å². The first kappa shape index (κ1) is 24.8. The molecule has 8 heteroatoms. The molecule has 3 aromatic rings. The standard InChI is InChI=1S/C26H26ClN3O4/c1-4-33-23-14-20(10-13-22(23)34-16-19-8-11-21(27)12-9-19)15-28-30-26(32)25(31)29-24-17(2)6-5-7-18(24)3/h5-15H,4,16H2,1-3H3,(H,29,31)(H,30,32)/b28-15-. The van der Waals surface area contributed by atoms with E-state index in [1.54, 1.807) is 30.3 Å². The molecule has 3 aromatic carbocycles. The Kier molecular flexibility index (Phi) is 8.65. The summed E-state index contributed by atoms with van der Waals surface area (Å²) in [6, 6.07) is 18.3. The van der Waals surface area contributed by atoms with Gasteiger partial charge in [-0.15, -0.1) is 0 Å². The van der Waals surface area contributed by atoms with E-state index in [9.17, 15) is 9.59 Å². The van der Waals surface area contributed by atoms with Gasteiger partial charge in [0.1, 0.15) is 6.61 Å². The average molecular weight is 480 g/mol. The highest BCUT2D eigenvalue weighted by Crippen LogP contribution is 2.29. The molecule has 34 heavy (non-hydrogen) atoms. The van der Waals surface area contributed by atoms with Gasteiger partial charge in [0.25, 0.3) is 0 Å². The van der Waals surface area contributed by atoms with Crippen molar-refractivity contribution < 1.29 is 19.1 Å². The molecular formula is C26H26ClN3O4. The number of ether oxygens (including phenoxy) is 2. The van der Waals surface area contributed by atoms with Gasteiger partial charge in [0.05, 0.1) is 12.8 Å². The number of hydrogen-bond acceptors (Lipinski definition) is 5. The maximum Gasteiger partial charge on any atom is 0.329 e. The summed E-state index contributed by atoms with van der Waals surface area (Å²) in [4.78, 5) is 24.3. The Labute approximate surface area is 203 Å². The van der Waals surface area contributed by atoms with Crippen LogP contribution in [0.4, 0.5) is 5.69 Å². The van der Waals surface area contributed by atoms with Gasteiger partial charge in [0.15, 0.2) is 11.5 Å². The number of nitrogens with zero attached hydrogens (tertiary/aromatic N) is 1. The van der Waals surface area contributed by atoms with Crippen LogP contribution < -0.4 is 20.2 Å². The van der Waals surface area contributed by atoms with Crippen LogP contribution in [0, 0.1) is 13.8 Å². The topological polar surface area (TPSA) is 89.0 Å². The molecule has 0 aliphatic rings. The Bertz CT molecular complexity index is 1170. The summed E-state index contributed by atoms with van der Waals surface area (Å²) in [5.74, 6) is -0.548. The number of carbonyl (C=O) groups excluding carboxylic acids is 2. The van der Waals surface area contributed by atoms with E-state index in [2.05, 4.69) is 15.8 Å². The van der Waals surface area contributed by atoms with Gasteiger partial charge in [-0.3, -0.25) is 9.59 Å². The van der Waals surface area contributed by atoms with Gasteiger partial charge >= 0.3 is 11.8 Å². The summed E-state index contributed by atoms with van der Waals surface area (Å²) in [7, 11) is 0. The van der Waals surface area contributed by atoms with E-state index in [0.29, 0.717) is 41.0 Å². The number of para-hydroxylation sites is 1. The molecule has 0 unspecified atom stereocenters. The van der Waals surface area contributed by atoms with Crippen molar-refractivity contribution in [3.05, 3.63) is 87.9 Å². The van der Waals surface area contributed by atoms with Crippen LogP contribution in [0.5, 0.6) is 11.5 Å². The molecule has 2 N–H and O–H groups in total. The zero-order valence-corrected chi connectivity index (χ0v) is 20.0. The molecule has 0 fully saturated rings. The Balaban J connectivity index is 1.61. The van der Waals surface area contributed by atoms with Gasteiger partial charge in [-0.05, 0) is 73.4 Å². The summed E-state index contributed by atoms with van der Waals surface area (Å²) in [6.45, 7) is 6.40. The third-order valence-electron chi connectivity index (χ3n) is 4.88. The number of nitrogens with one attached hydrogen (secondary N) is 2. The molecule has 0 bridgehead atoms. The number of carbonyl (C=O) groups is 2. The second kappa shape index (κ2) is 11.9. The average Bonchev–Trinajstić information content (AvgIpc) is 2.82. The first-order chi connectivity index (χ1) is 16.4. The third kappa shape index (κ3) is 6.83. The highest BCUT2D eigenvalue weighted by molar-refractivity contribution is 6.39. The molecule has 0 spiro atoms. The SMILES string of the molecule is CCOc1cc(/C=N\NC(=O)C(=O)Nc2c(C)cccc2C)ccc1OCc1ccc(Cl)cc1. The molecule has 0 aliphatic carbocycles. The summed E-state index contributed by atoms with van der Waals surface area (Å²) >= 11 is 5.92. The second-order valence-electron chi connectivity index (χ2n) is 7.47. The lowest BCUT2D eigenvalue weighted by atomic mass is 10.1. The fourth-order valence-corrected chi connectivity index (χ4v) is 3.26. The minimum atomic E-state index is -0.869. The molecule has 0 aliphatic heterocycles. The number of hydrazone groups is 1. The van der Waals surface area contributed by atoms with Gasteiger partial charge in [0, 0.05) is 10.7 Å². The highest BCUT2D eigenvalue weighted by Gasteiger charge is 2.15. The molecule has 0 saturated carbocycles. The van der Waals surface area contributed by atoms with Gasteiger partial charge < -0.3 is 14.8 Å². The fourth-order valence-electron chi connectivity index (χ4n) is 3.13. The Morgan fingerprint density at radius 1 is 0.941 bits per heavy atom. The predicted octanol–water partition coefficient (Wildman–Crippen LogP) is 5.02. The van der Waals surface area contributed by atoms with E-state index < -0.39 is 11.8 Å². The van der Waals surface area contributed by atoms with Crippen molar-refractivity contribution in [1.29, 1.82) is 0 Å². The van der Waals surface area contributed by atoms with E-state index in [1.807, 2.05) is 51.1 Å². The van der Waals surface area contributed by atoms with Crippen LogP contribution in [0.3, 0.4) is 0 Å². The zero-order valence-electron chi connectivity index (χ0n) is 19.2. The van der Waals surface area contributed by atoms with Gasteiger partial charge in [0.2, 0.25) is 0 Å². The molecule has 0 heterocycles. The maximum absolute atomic E-state index is 12.2. The van der Waals surface area contributed by atoms with Crippen molar-refractivity contribution in [2.45, 2.75) is 27.4 Å². The van der Waals surface area contributed by atoms with Crippen LogP contribution in [0.25, 0.3) is 0 Å². The quantitative estimate of drug-likeness (QED) is 0.269. The zero-order chi connectivity index (χ0) is 24.5. The molecule has 0 radical (unpaired) electrons. The molecule has 7 nitrogen and oxygen atoms in total. The summed E-state index contributed by atoms with van der Waals surface area (Å²) in [6.07, 6.45) is 1.43. The van der Waals surface area contributed by atoms with Crippen molar-refractivity contribution in [3.8, 4) is 11.5 Å². The molecule has 176 valence electrons. The molecule has 2 amide bonds. The fraction of sp³-hybridized carbons (Fsp3) is 0.192. The van der Waals surface area contributed by atoms with Crippen LogP contribution in [0.1, 0.15) is 29.2 Å². The number of hydrogen-bond donors (Lipinski definition) is 2. The largest absolute Gasteiger partial charge is 0.490 e. The van der Waals surface area contributed by atoms with Crippen molar-refractivity contribution in [2.75, 3.05) is 11.9 Å². The van der Waals surface area contributed by atoms with Crippen LogP contribution in [-0.2, 0) is 16.2 Å². The number of rotatable bonds is 8. The molecule has 0 aromatic heterocycles. The highest BCUT2D eigenvalue weighted by atomic mass is 35.5. The van der Waals surface area contributed by atoms with Crippen molar-refractivity contribution in [1.82, 2.24) is 5.43 Å². The Morgan fingerprint density at radius 2 is 1.65 bits per heavy atom. The number of amides is 2. The van der Waals surface area contributed by atoms with E-state index >= 15 is 0 Å². The lowest BCUT2D eigenvalue weighted by Gasteiger charge is -2.13. The van der Waals surface area contributed by atoms with E-state index in [4.69, 9.17) is 21.1 Å². The van der Waals surface area contributed by atoms with Crippen LogP contribution in [0.15, 0.2) is 65.8 Å². The minimum absolute atomic E-state index is 0.357. The van der Waals surface area contributed by atoms with Gasteiger partial charge in [-0.1, -0.05) is 41.9 Å². The van der Waals surface area contributed by atoms with Crippen molar-refractivity contribution in [2.24, 2.45) is 5.10 Å². The molecule has 0 atom stereocenters. The monoisotopic (exact) mass is 479 g/mol. The normalized spacial score (nSPS) is 10.7. The first-order valence-electron chi connectivity index (χ1n) is 10.7. The second-order valence-corrected chi connectivity index (χ2v) is 7.91. The van der Waals surface area contributed by atoms with E-state index in [-0.39, 0.29) is 0 Å². The minimum Gasteiger partial charge on any atom is -0.490 e. The Hall–Kier alpha value is -3.84. The third-order valence-corrected chi connectivity index (χ3v) is 5.13. The van der Waals surface area contributed by atoms with Crippen molar-refractivity contribution in [3.63, 3.8) is 0 Å². The number of halogens is 1.